The molecule has 2 N–H and O–H groups in total. The average Bonchev–Trinajstić information content (AvgIpc) is 2.87. The zero-order valence-corrected chi connectivity index (χ0v) is 20.8. The van der Waals surface area contributed by atoms with Gasteiger partial charge in [0.15, 0.2) is 0 Å². The monoisotopic (exact) mass is 470 g/mol. The third kappa shape index (κ3) is 4.75. The molecule has 182 valence electrons. The molecular weight excluding hydrogens is 436 g/mol. The number of aromatic carboxylic acids is 2. The van der Waals surface area contributed by atoms with E-state index in [-0.39, 0.29) is 17.0 Å². The maximum absolute atomic E-state index is 12.3. The molecule has 0 heterocycles. The first-order chi connectivity index (χ1) is 16.8. The molecule has 0 unspecified atom stereocenters. The number of aryl methyl sites for hydroxylation is 1. The first-order valence-electron chi connectivity index (χ1n) is 12.7. The number of carboxylic acid groups (broad SMARTS) is 2. The molecule has 3 aromatic carbocycles. The number of rotatable bonds is 7. The molecule has 0 atom stereocenters. The Morgan fingerprint density at radius 3 is 1.83 bits per heavy atom. The maximum Gasteiger partial charge on any atom is 0.336 e. The zero-order chi connectivity index (χ0) is 25.1. The molecule has 3 aromatic rings. The number of hydrogen-bond donors (Lipinski definition) is 2. The van der Waals surface area contributed by atoms with Crippen LogP contribution in [0.15, 0.2) is 54.6 Å². The molecule has 35 heavy (non-hydrogen) atoms. The highest BCUT2D eigenvalue weighted by atomic mass is 16.4. The van der Waals surface area contributed by atoms with Crippen molar-refractivity contribution in [3.8, 4) is 22.3 Å². The molecule has 0 radical (unpaired) electrons. The van der Waals surface area contributed by atoms with E-state index in [2.05, 4.69) is 26.8 Å². The van der Waals surface area contributed by atoms with Crippen LogP contribution in [0.5, 0.6) is 0 Å². The highest BCUT2D eigenvalue weighted by Crippen LogP contribution is 2.48. The SMILES string of the molecule is CCc1cc(C2CCCCC2)c(C(C)C)c(-c2ccccc2C(=O)O)c1-c1ccccc1C(=O)O. The van der Waals surface area contributed by atoms with Crippen molar-refractivity contribution in [3.05, 3.63) is 82.4 Å². The summed E-state index contributed by atoms with van der Waals surface area (Å²) < 4.78 is 0. The second-order valence-corrected chi connectivity index (χ2v) is 9.83. The van der Waals surface area contributed by atoms with Gasteiger partial charge in [-0.1, -0.05) is 82.5 Å². The zero-order valence-electron chi connectivity index (χ0n) is 20.8. The second-order valence-electron chi connectivity index (χ2n) is 9.83. The Balaban J connectivity index is 2.20. The molecule has 0 bridgehead atoms. The van der Waals surface area contributed by atoms with E-state index in [0.717, 1.165) is 41.5 Å². The lowest BCUT2D eigenvalue weighted by atomic mass is 9.73. The van der Waals surface area contributed by atoms with Crippen molar-refractivity contribution < 1.29 is 19.8 Å². The van der Waals surface area contributed by atoms with Gasteiger partial charge >= 0.3 is 11.9 Å². The molecule has 4 heteroatoms. The molecule has 0 spiro atoms. The van der Waals surface area contributed by atoms with Gasteiger partial charge in [0.2, 0.25) is 0 Å². The summed E-state index contributed by atoms with van der Waals surface area (Å²) in [5, 5.41) is 20.1. The van der Waals surface area contributed by atoms with E-state index in [9.17, 15) is 19.8 Å². The lowest BCUT2D eigenvalue weighted by Crippen LogP contribution is -2.13. The molecule has 1 aliphatic rings. The average molecular weight is 471 g/mol. The minimum absolute atomic E-state index is 0.144. The highest BCUT2D eigenvalue weighted by molar-refractivity contribution is 6.04. The van der Waals surface area contributed by atoms with Crippen LogP contribution in [0.1, 0.15) is 102 Å². The van der Waals surface area contributed by atoms with Crippen LogP contribution in [0.2, 0.25) is 0 Å². The summed E-state index contributed by atoms with van der Waals surface area (Å²) >= 11 is 0. The molecule has 0 aromatic heterocycles. The van der Waals surface area contributed by atoms with Gasteiger partial charge in [-0.05, 0) is 82.2 Å². The summed E-state index contributed by atoms with van der Waals surface area (Å²) in [6.07, 6.45) is 6.65. The molecular formula is C31H34O4. The molecule has 4 rings (SSSR count). The minimum Gasteiger partial charge on any atom is -0.478 e. The van der Waals surface area contributed by atoms with Crippen LogP contribution in [0.3, 0.4) is 0 Å². The van der Waals surface area contributed by atoms with E-state index in [1.807, 2.05) is 24.3 Å². The Morgan fingerprint density at radius 2 is 1.34 bits per heavy atom. The van der Waals surface area contributed by atoms with Crippen molar-refractivity contribution in [2.75, 3.05) is 0 Å². The molecule has 0 amide bonds. The fraction of sp³-hybridized carbons (Fsp3) is 0.355. The second kappa shape index (κ2) is 10.5. The fourth-order valence-electron chi connectivity index (χ4n) is 5.79. The Morgan fingerprint density at radius 1 is 0.829 bits per heavy atom. The summed E-state index contributed by atoms with van der Waals surface area (Å²) in [6.45, 7) is 6.41. The molecule has 1 aliphatic carbocycles. The van der Waals surface area contributed by atoms with E-state index >= 15 is 0 Å². The van der Waals surface area contributed by atoms with Gasteiger partial charge in [0.25, 0.3) is 0 Å². The summed E-state index contributed by atoms with van der Waals surface area (Å²) in [7, 11) is 0. The van der Waals surface area contributed by atoms with E-state index in [0.29, 0.717) is 17.0 Å². The summed E-state index contributed by atoms with van der Waals surface area (Å²) in [4.78, 5) is 24.6. The van der Waals surface area contributed by atoms with E-state index in [1.54, 1.807) is 24.3 Å². The number of benzene rings is 3. The third-order valence-corrected chi connectivity index (χ3v) is 7.34. The summed E-state index contributed by atoms with van der Waals surface area (Å²) in [6, 6.07) is 16.5. The van der Waals surface area contributed by atoms with Crippen molar-refractivity contribution in [2.45, 2.75) is 71.1 Å². The summed E-state index contributed by atoms with van der Waals surface area (Å²) in [5.74, 6) is -1.38. The van der Waals surface area contributed by atoms with Crippen molar-refractivity contribution in [2.24, 2.45) is 0 Å². The lowest BCUT2D eigenvalue weighted by molar-refractivity contribution is 0.0686. The Kier molecular flexibility index (Phi) is 7.39. The highest BCUT2D eigenvalue weighted by Gasteiger charge is 2.29. The van der Waals surface area contributed by atoms with Gasteiger partial charge in [0.1, 0.15) is 0 Å². The van der Waals surface area contributed by atoms with Crippen molar-refractivity contribution >= 4 is 11.9 Å². The largest absolute Gasteiger partial charge is 0.478 e. The van der Waals surface area contributed by atoms with Crippen LogP contribution in [0.25, 0.3) is 22.3 Å². The maximum atomic E-state index is 12.3. The van der Waals surface area contributed by atoms with Gasteiger partial charge in [-0.15, -0.1) is 0 Å². The first-order valence-corrected chi connectivity index (χ1v) is 12.7. The van der Waals surface area contributed by atoms with Crippen LogP contribution in [-0.4, -0.2) is 22.2 Å². The molecule has 4 nitrogen and oxygen atoms in total. The summed E-state index contributed by atoms with van der Waals surface area (Å²) in [5.41, 5.74) is 7.03. The normalized spacial score (nSPS) is 14.3. The predicted octanol–water partition coefficient (Wildman–Crippen LogP) is 8.15. The quantitative estimate of drug-likeness (QED) is 0.365. The van der Waals surface area contributed by atoms with Crippen LogP contribution in [0.4, 0.5) is 0 Å². The van der Waals surface area contributed by atoms with Crippen LogP contribution in [0, 0.1) is 0 Å². The Bertz CT molecular complexity index is 1250. The van der Waals surface area contributed by atoms with Crippen molar-refractivity contribution in [1.82, 2.24) is 0 Å². The van der Waals surface area contributed by atoms with Crippen molar-refractivity contribution in [1.29, 1.82) is 0 Å². The van der Waals surface area contributed by atoms with Gasteiger partial charge in [-0.2, -0.15) is 0 Å². The van der Waals surface area contributed by atoms with Gasteiger partial charge < -0.3 is 10.2 Å². The van der Waals surface area contributed by atoms with Crippen LogP contribution < -0.4 is 0 Å². The lowest BCUT2D eigenvalue weighted by Gasteiger charge is -2.31. The minimum atomic E-state index is -0.984. The standard InChI is InChI=1S/C31H34O4/c1-4-20-18-26(21-12-6-5-7-13-21)27(19(2)3)29(23-15-9-11-17-25(23)31(34)35)28(20)22-14-8-10-16-24(22)30(32)33/h8-11,14-19,21H,4-7,12-13H2,1-3H3,(H,32,33)(H,34,35). The number of carboxylic acids is 2. The molecule has 0 saturated heterocycles. The van der Waals surface area contributed by atoms with Crippen LogP contribution in [-0.2, 0) is 6.42 Å². The molecule has 0 aliphatic heterocycles. The topological polar surface area (TPSA) is 74.6 Å². The predicted molar refractivity (Wildman–Crippen MR) is 141 cm³/mol. The molecule has 1 saturated carbocycles. The van der Waals surface area contributed by atoms with Gasteiger partial charge in [-0.25, -0.2) is 9.59 Å². The van der Waals surface area contributed by atoms with E-state index in [1.165, 1.54) is 24.8 Å². The smallest absolute Gasteiger partial charge is 0.336 e. The van der Waals surface area contributed by atoms with Gasteiger partial charge in [-0.3, -0.25) is 0 Å². The van der Waals surface area contributed by atoms with E-state index in [4.69, 9.17) is 0 Å². The fourth-order valence-corrected chi connectivity index (χ4v) is 5.79. The Hall–Kier alpha value is -3.40. The van der Waals surface area contributed by atoms with E-state index < -0.39 is 11.9 Å². The third-order valence-electron chi connectivity index (χ3n) is 7.34. The number of carbonyl (C=O) groups is 2. The van der Waals surface area contributed by atoms with Crippen molar-refractivity contribution in [3.63, 3.8) is 0 Å². The number of hydrogen-bond acceptors (Lipinski definition) is 2. The van der Waals surface area contributed by atoms with Gasteiger partial charge in [0.05, 0.1) is 11.1 Å². The Labute approximate surface area is 207 Å². The van der Waals surface area contributed by atoms with Crippen LogP contribution >= 0.6 is 0 Å². The first kappa shape index (κ1) is 24.7. The molecule has 1 fully saturated rings. The van der Waals surface area contributed by atoms with Gasteiger partial charge in [0, 0.05) is 0 Å².